The van der Waals surface area contributed by atoms with Gasteiger partial charge in [-0.15, -0.1) is 0 Å². The minimum atomic E-state index is -3.90. The standard InChI is InChI=1S/C21H25N3O7S/c1-15-7-9-17(10-8-15)32(28,29)24-11-3-2-6-18(24)20(26)31-14-19(25)23-21(27)22-13-16-5-4-12-30-16/h4-5,7-10,12,18H,2-3,6,11,13-14H2,1H3,(H2,22,23,25,27). The van der Waals surface area contributed by atoms with Crippen molar-refractivity contribution in [2.75, 3.05) is 13.2 Å². The Hall–Kier alpha value is -3.18. The Morgan fingerprint density at radius 3 is 2.59 bits per heavy atom. The molecule has 1 unspecified atom stereocenters. The number of sulfonamides is 1. The lowest BCUT2D eigenvalue weighted by Crippen LogP contribution is -2.49. The van der Waals surface area contributed by atoms with E-state index in [4.69, 9.17) is 9.15 Å². The number of hydrogen-bond acceptors (Lipinski definition) is 7. The highest BCUT2D eigenvalue weighted by Gasteiger charge is 2.38. The topological polar surface area (TPSA) is 135 Å². The van der Waals surface area contributed by atoms with Gasteiger partial charge in [0.25, 0.3) is 5.91 Å². The molecule has 2 N–H and O–H groups in total. The second kappa shape index (κ2) is 10.4. The summed E-state index contributed by atoms with van der Waals surface area (Å²) in [6, 6.07) is 7.88. The first-order chi connectivity index (χ1) is 15.3. The highest BCUT2D eigenvalue weighted by Crippen LogP contribution is 2.26. The van der Waals surface area contributed by atoms with Crippen molar-refractivity contribution in [1.29, 1.82) is 0 Å². The van der Waals surface area contributed by atoms with Gasteiger partial charge >= 0.3 is 12.0 Å². The van der Waals surface area contributed by atoms with E-state index >= 15 is 0 Å². The zero-order valence-corrected chi connectivity index (χ0v) is 18.4. The van der Waals surface area contributed by atoms with Crippen LogP contribution < -0.4 is 10.6 Å². The van der Waals surface area contributed by atoms with Crippen LogP contribution in [0.2, 0.25) is 0 Å². The summed E-state index contributed by atoms with van der Waals surface area (Å²) in [5.41, 5.74) is 0.915. The van der Waals surface area contributed by atoms with Crippen molar-refractivity contribution < 1.29 is 32.0 Å². The van der Waals surface area contributed by atoms with Gasteiger partial charge in [0.05, 0.1) is 17.7 Å². The van der Waals surface area contributed by atoms with Gasteiger partial charge in [0.15, 0.2) is 6.61 Å². The molecule has 10 nitrogen and oxygen atoms in total. The molecule has 3 amide bonds. The largest absolute Gasteiger partial charge is 0.467 e. The van der Waals surface area contributed by atoms with Gasteiger partial charge in [0.2, 0.25) is 10.0 Å². The number of amides is 3. The average Bonchev–Trinajstić information content (AvgIpc) is 3.30. The average molecular weight is 464 g/mol. The van der Waals surface area contributed by atoms with E-state index in [9.17, 15) is 22.8 Å². The summed E-state index contributed by atoms with van der Waals surface area (Å²) in [7, 11) is -3.90. The molecular weight excluding hydrogens is 438 g/mol. The van der Waals surface area contributed by atoms with Crippen molar-refractivity contribution in [1.82, 2.24) is 14.9 Å². The minimum absolute atomic E-state index is 0.0831. The molecule has 1 aliphatic rings. The molecule has 11 heteroatoms. The van der Waals surface area contributed by atoms with Gasteiger partial charge in [-0.05, 0) is 50.5 Å². The van der Waals surface area contributed by atoms with Crippen molar-refractivity contribution in [2.45, 2.75) is 43.7 Å². The normalized spacial score (nSPS) is 16.8. The Kier molecular flexibility index (Phi) is 7.65. The maximum absolute atomic E-state index is 13.0. The van der Waals surface area contributed by atoms with Gasteiger partial charge in [-0.2, -0.15) is 4.31 Å². The van der Waals surface area contributed by atoms with Crippen molar-refractivity contribution >= 4 is 27.9 Å². The summed E-state index contributed by atoms with van der Waals surface area (Å²) in [6.07, 6.45) is 3.01. The zero-order valence-electron chi connectivity index (χ0n) is 17.6. The molecule has 1 aliphatic heterocycles. The molecule has 2 heterocycles. The van der Waals surface area contributed by atoms with Gasteiger partial charge in [0.1, 0.15) is 11.8 Å². The van der Waals surface area contributed by atoms with Crippen LogP contribution in [-0.2, 0) is 30.9 Å². The lowest BCUT2D eigenvalue weighted by molar-refractivity contribution is -0.152. The molecule has 3 rings (SSSR count). The highest BCUT2D eigenvalue weighted by atomic mass is 32.2. The highest BCUT2D eigenvalue weighted by molar-refractivity contribution is 7.89. The van der Waals surface area contributed by atoms with Crippen LogP contribution in [0, 0.1) is 6.92 Å². The third kappa shape index (κ3) is 5.95. The van der Waals surface area contributed by atoms with Crippen LogP contribution in [-0.4, -0.2) is 49.8 Å². The van der Waals surface area contributed by atoms with Crippen LogP contribution in [0.1, 0.15) is 30.6 Å². The van der Waals surface area contributed by atoms with Crippen LogP contribution in [0.3, 0.4) is 0 Å². The second-order valence-electron chi connectivity index (χ2n) is 7.36. The Morgan fingerprint density at radius 1 is 1.16 bits per heavy atom. The molecule has 1 aromatic heterocycles. The lowest BCUT2D eigenvalue weighted by atomic mass is 10.1. The number of aryl methyl sites for hydroxylation is 1. The van der Waals surface area contributed by atoms with Gasteiger partial charge in [-0.25, -0.2) is 13.2 Å². The molecule has 172 valence electrons. The number of nitrogens with zero attached hydrogens (tertiary/aromatic N) is 1. The molecule has 0 radical (unpaired) electrons. The fraction of sp³-hybridized carbons (Fsp3) is 0.381. The molecule has 1 aromatic carbocycles. The quantitative estimate of drug-likeness (QED) is 0.597. The fourth-order valence-corrected chi connectivity index (χ4v) is 4.94. The molecule has 0 aliphatic carbocycles. The Morgan fingerprint density at radius 2 is 1.91 bits per heavy atom. The molecule has 1 atom stereocenters. The molecule has 0 bridgehead atoms. The second-order valence-corrected chi connectivity index (χ2v) is 9.25. The van der Waals surface area contributed by atoms with Crippen LogP contribution in [0.4, 0.5) is 4.79 Å². The summed E-state index contributed by atoms with van der Waals surface area (Å²) < 4.78 is 37.3. The summed E-state index contributed by atoms with van der Waals surface area (Å²) >= 11 is 0. The molecule has 1 saturated heterocycles. The maximum Gasteiger partial charge on any atom is 0.324 e. The van der Waals surface area contributed by atoms with Crippen LogP contribution in [0.5, 0.6) is 0 Å². The van der Waals surface area contributed by atoms with E-state index in [2.05, 4.69) is 5.32 Å². The van der Waals surface area contributed by atoms with E-state index in [1.165, 1.54) is 18.4 Å². The molecule has 1 fully saturated rings. The van der Waals surface area contributed by atoms with E-state index in [1.54, 1.807) is 24.3 Å². The lowest BCUT2D eigenvalue weighted by Gasteiger charge is -2.32. The SMILES string of the molecule is Cc1ccc(S(=O)(=O)N2CCCCC2C(=O)OCC(=O)NC(=O)NCc2ccco2)cc1. The Balaban J connectivity index is 1.55. The smallest absolute Gasteiger partial charge is 0.324 e. The fourth-order valence-electron chi connectivity index (χ4n) is 3.29. The van der Waals surface area contributed by atoms with Crippen molar-refractivity contribution in [3.05, 3.63) is 54.0 Å². The number of piperidine rings is 1. The summed E-state index contributed by atoms with van der Waals surface area (Å²) in [5, 5.41) is 4.46. The van der Waals surface area contributed by atoms with Gasteiger partial charge in [0, 0.05) is 6.54 Å². The first kappa shape index (κ1) is 23.5. The van der Waals surface area contributed by atoms with E-state index in [0.717, 1.165) is 9.87 Å². The van der Waals surface area contributed by atoms with E-state index in [0.29, 0.717) is 18.6 Å². The summed E-state index contributed by atoms with van der Waals surface area (Å²) in [5.74, 6) is -1.16. The summed E-state index contributed by atoms with van der Waals surface area (Å²) in [4.78, 5) is 36.4. The number of carbonyl (C=O) groups excluding carboxylic acids is 3. The number of rotatable bonds is 7. The number of nitrogens with one attached hydrogen (secondary N) is 2. The number of esters is 1. The number of benzene rings is 1. The number of ether oxygens (including phenoxy) is 1. The number of imide groups is 1. The zero-order chi connectivity index (χ0) is 23.1. The number of furan rings is 1. The predicted octanol–water partition coefficient (Wildman–Crippen LogP) is 1.70. The Bertz CT molecular complexity index is 1050. The van der Waals surface area contributed by atoms with E-state index in [1.807, 2.05) is 12.2 Å². The molecular formula is C21H25N3O7S. The first-order valence-electron chi connectivity index (χ1n) is 10.1. The van der Waals surface area contributed by atoms with Crippen molar-refractivity contribution in [3.8, 4) is 0 Å². The molecule has 32 heavy (non-hydrogen) atoms. The van der Waals surface area contributed by atoms with Crippen molar-refractivity contribution in [3.63, 3.8) is 0 Å². The predicted molar refractivity (Wildman–Crippen MR) is 113 cm³/mol. The molecule has 0 saturated carbocycles. The molecule has 0 spiro atoms. The van der Waals surface area contributed by atoms with Crippen LogP contribution in [0.25, 0.3) is 0 Å². The van der Waals surface area contributed by atoms with Gasteiger partial charge in [-0.1, -0.05) is 17.7 Å². The van der Waals surface area contributed by atoms with E-state index in [-0.39, 0.29) is 24.4 Å². The van der Waals surface area contributed by atoms with Crippen LogP contribution in [0.15, 0.2) is 52.0 Å². The van der Waals surface area contributed by atoms with Gasteiger partial charge in [-0.3, -0.25) is 14.9 Å². The number of hydrogen-bond donors (Lipinski definition) is 2. The van der Waals surface area contributed by atoms with Crippen LogP contribution >= 0.6 is 0 Å². The summed E-state index contributed by atoms with van der Waals surface area (Å²) in [6.45, 7) is 1.40. The third-order valence-electron chi connectivity index (χ3n) is 4.96. The maximum atomic E-state index is 13.0. The number of urea groups is 1. The minimum Gasteiger partial charge on any atom is -0.467 e. The molecule has 2 aromatic rings. The van der Waals surface area contributed by atoms with Crippen molar-refractivity contribution in [2.24, 2.45) is 0 Å². The third-order valence-corrected chi connectivity index (χ3v) is 6.88. The first-order valence-corrected chi connectivity index (χ1v) is 11.6. The van der Waals surface area contributed by atoms with Gasteiger partial charge < -0.3 is 14.5 Å². The van der Waals surface area contributed by atoms with E-state index < -0.39 is 40.6 Å². The number of carbonyl (C=O) groups is 3. The monoisotopic (exact) mass is 463 g/mol. The Labute approximate surface area is 186 Å².